The summed E-state index contributed by atoms with van der Waals surface area (Å²) in [5.74, 6) is -1.90. The first-order valence-electron chi connectivity index (χ1n) is 9.62. The summed E-state index contributed by atoms with van der Waals surface area (Å²) >= 11 is 5.88. The van der Waals surface area contributed by atoms with Crippen LogP contribution in [0, 0.1) is 13.8 Å². The molecule has 0 aromatic heterocycles. The van der Waals surface area contributed by atoms with Gasteiger partial charge < -0.3 is 10.1 Å². The molecule has 0 unspecified atom stereocenters. The van der Waals surface area contributed by atoms with Crippen LogP contribution in [-0.4, -0.2) is 24.0 Å². The molecule has 162 valence electrons. The molecule has 0 saturated carbocycles. The van der Waals surface area contributed by atoms with Crippen molar-refractivity contribution in [2.45, 2.75) is 13.8 Å². The lowest BCUT2D eigenvalue weighted by Crippen LogP contribution is -2.32. The second-order valence-corrected chi connectivity index (χ2v) is 7.33. The first-order valence-corrected chi connectivity index (χ1v) is 9.99. The molecular formula is C24H20ClN3O4. The summed E-state index contributed by atoms with van der Waals surface area (Å²) in [6, 6.07) is 18.5. The maximum Gasteiger partial charge on any atom is 0.343 e. The molecule has 0 radical (unpaired) electrons. The molecule has 2 N–H and O–H groups in total. The molecule has 0 bridgehead atoms. The first-order chi connectivity index (χ1) is 15.3. The molecule has 0 fully saturated rings. The lowest BCUT2D eigenvalue weighted by Gasteiger charge is -2.10. The van der Waals surface area contributed by atoms with Gasteiger partial charge in [0.2, 0.25) is 0 Å². The van der Waals surface area contributed by atoms with Crippen LogP contribution in [0.4, 0.5) is 5.69 Å². The van der Waals surface area contributed by atoms with E-state index in [4.69, 9.17) is 16.3 Å². The number of rotatable bonds is 5. The fourth-order valence-corrected chi connectivity index (χ4v) is 2.99. The molecule has 0 aliphatic carbocycles. The third-order valence-electron chi connectivity index (χ3n) is 4.46. The number of anilines is 1. The van der Waals surface area contributed by atoms with Crippen LogP contribution in [0.25, 0.3) is 0 Å². The van der Waals surface area contributed by atoms with Crippen molar-refractivity contribution in [2.75, 3.05) is 5.32 Å². The third-order valence-corrected chi connectivity index (χ3v) is 4.69. The zero-order valence-electron chi connectivity index (χ0n) is 17.4. The van der Waals surface area contributed by atoms with Gasteiger partial charge in [-0.3, -0.25) is 9.59 Å². The number of halogens is 1. The van der Waals surface area contributed by atoms with E-state index >= 15 is 0 Å². The third kappa shape index (κ3) is 6.02. The highest BCUT2D eigenvalue weighted by molar-refractivity contribution is 6.39. The van der Waals surface area contributed by atoms with Crippen molar-refractivity contribution in [3.8, 4) is 5.75 Å². The van der Waals surface area contributed by atoms with Gasteiger partial charge in [-0.1, -0.05) is 35.9 Å². The van der Waals surface area contributed by atoms with Crippen molar-refractivity contribution in [1.82, 2.24) is 5.43 Å². The average molecular weight is 450 g/mol. The van der Waals surface area contributed by atoms with Crippen LogP contribution in [0.1, 0.15) is 27.0 Å². The second kappa shape index (κ2) is 10.4. The van der Waals surface area contributed by atoms with Gasteiger partial charge in [-0.2, -0.15) is 5.10 Å². The maximum atomic E-state index is 12.1. The Balaban J connectivity index is 1.53. The second-order valence-electron chi connectivity index (χ2n) is 6.89. The minimum atomic E-state index is -0.893. The van der Waals surface area contributed by atoms with Gasteiger partial charge in [-0.25, -0.2) is 10.2 Å². The van der Waals surface area contributed by atoms with Crippen LogP contribution in [0.15, 0.2) is 71.8 Å². The quantitative estimate of drug-likeness (QED) is 0.200. The predicted octanol–water partition coefficient (Wildman–Crippen LogP) is 4.26. The van der Waals surface area contributed by atoms with Crippen molar-refractivity contribution in [3.05, 3.63) is 94.0 Å². The Bertz CT molecular complexity index is 1170. The smallest absolute Gasteiger partial charge is 0.343 e. The fourth-order valence-electron chi connectivity index (χ4n) is 2.80. The summed E-state index contributed by atoms with van der Waals surface area (Å²) in [7, 11) is 0. The van der Waals surface area contributed by atoms with Crippen molar-refractivity contribution >= 4 is 41.3 Å². The lowest BCUT2D eigenvalue weighted by atomic mass is 10.1. The van der Waals surface area contributed by atoms with E-state index in [1.807, 2.05) is 32.0 Å². The summed E-state index contributed by atoms with van der Waals surface area (Å²) in [5.41, 5.74) is 5.45. The number of carbonyl (C=O) groups excluding carboxylic acids is 3. The summed E-state index contributed by atoms with van der Waals surface area (Å²) in [4.78, 5) is 36.2. The molecule has 0 heterocycles. The minimum absolute atomic E-state index is 0.337. The van der Waals surface area contributed by atoms with E-state index in [0.717, 1.165) is 11.1 Å². The molecule has 3 rings (SSSR count). The molecule has 8 heteroatoms. The molecule has 2 amide bonds. The highest BCUT2D eigenvalue weighted by Crippen LogP contribution is 2.19. The number of esters is 1. The number of carbonyl (C=O) groups is 3. The van der Waals surface area contributed by atoms with E-state index in [0.29, 0.717) is 27.6 Å². The molecule has 32 heavy (non-hydrogen) atoms. The normalized spacial score (nSPS) is 10.6. The van der Waals surface area contributed by atoms with Gasteiger partial charge in [0, 0.05) is 10.7 Å². The summed E-state index contributed by atoms with van der Waals surface area (Å²) in [5, 5.41) is 6.82. The largest absolute Gasteiger partial charge is 0.423 e. The van der Waals surface area contributed by atoms with Crippen LogP contribution in [-0.2, 0) is 9.59 Å². The lowest BCUT2D eigenvalue weighted by molar-refractivity contribution is -0.136. The van der Waals surface area contributed by atoms with Gasteiger partial charge in [-0.15, -0.1) is 0 Å². The number of hydrazone groups is 1. The van der Waals surface area contributed by atoms with E-state index in [2.05, 4.69) is 15.8 Å². The SMILES string of the molecule is Cc1cccc(C)c1NC(=O)C(=O)N/N=C/c1ccc(OC(=O)c2cccc(Cl)c2)cc1. The molecule has 0 aliphatic rings. The van der Waals surface area contributed by atoms with Crippen molar-refractivity contribution in [1.29, 1.82) is 0 Å². The molecular weight excluding hydrogens is 430 g/mol. The Morgan fingerprint density at radius 3 is 2.22 bits per heavy atom. The molecule has 3 aromatic carbocycles. The van der Waals surface area contributed by atoms with Crippen LogP contribution < -0.4 is 15.5 Å². The zero-order chi connectivity index (χ0) is 23.1. The van der Waals surface area contributed by atoms with Gasteiger partial charge in [0.15, 0.2) is 0 Å². The van der Waals surface area contributed by atoms with Crippen LogP contribution in [0.2, 0.25) is 5.02 Å². The number of nitrogens with zero attached hydrogens (tertiary/aromatic N) is 1. The Hall–Kier alpha value is -3.97. The molecule has 0 spiro atoms. The number of nitrogens with one attached hydrogen (secondary N) is 2. The highest BCUT2D eigenvalue weighted by Gasteiger charge is 2.15. The predicted molar refractivity (Wildman–Crippen MR) is 123 cm³/mol. The molecule has 0 saturated heterocycles. The Morgan fingerprint density at radius 2 is 1.56 bits per heavy atom. The van der Waals surface area contributed by atoms with Crippen molar-refractivity contribution < 1.29 is 19.1 Å². The number of para-hydroxylation sites is 1. The number of hydrogen-bond acceptors (Lipinski definition) is 5. The Kier molecular flexibility index (Phi) is 7.36. The molecule has 0 aliphatic heterocycles. The Morgan fingerprint density at radius 1 is 0.906 bits per heavy atom. The van der Waals surface area contributed by atoms with Crippen molar-refractivity contribution in [3.63, 3.8) is 0 Å². The van der Waals surface area contributed by atoms with Gasteiger partial charge in [0.25, 0.3) is 0 Å². The summed E-state index contributed by atoms with van der Waals surface area (Å²) in [6.07, 6.45) is 1.37. The summed E-state index contributed by atoms with van der Waals surface area (Å²) in [6.45, 7) is 3.68. The average Bonchev–Trinajstić information content (AvgIpc) is 2.77. The minimum Gasteiger partial charge on any atom is -0.423 e. The van der Waals surface area contributed by atoms with E-state index in [9.17, 15) is 14.4 Å². The first kappa shape index (κ1) is 22.7. The Labute approximate surface area is 190 Å². The fraction of sp³-hybridized carbons (Fsp3) is 0.0833. The number of hydrogen-bond donors (Lipinski definition) is 2. The molecule has 3 aromatic rings. The van der Waals surface area contributed by atoms with E-state index in [1.54, 1.807) is 42.5 Å². The topological polar surface area (TPSA) is 96.9 Å². The number of ether oxygens (including phenoxy) is 1. The summed E-state index contributed by atoms with van der Waals surface area (Å²) < 4.78 is 5.30. The maximum absolute atomic E-state index is 12.1. The molecule has 7 nitrogen and oxygen atoms in total. The van der Waals surface area contributed by atoms with Gasteiger partial charge in [-0.05, 0) is 73.0 Å². The van der Waals surface area contributed by atoms with Gasteiger partial charge >= 0.3 is 17.8 Å². The number of benzene rings is 3. The van der Waals surface area contributed by atoms with E-state index < -0.39 is 17.8 Å². The molecule has 0 atom stereocenters. The van der Waals surface area contributed by atoms with Gasteiger partial charge in [0.05, 0.1) is 11.8 Å². The zero-order valence-corrected chi connectivity index (χ0v) is 18.1. The van der Waals surface area contributed by atoms with Crippen LogP contribution in [0.3, 0.4) is 0 Å². The van der Waals surface area contributed by atoms with Crippen LogP contribution >= 0.6 is 11.6 Å². The van der Waals surface area contributed by atoms with E-state index in [1.165, 1.54) is 12.3 Å². The van der Waals surface area contributed by atoms with Gasteiger partial charge in [0.1, 0.15) is 5.75 Å². The van der Waals surface area contributed by atoms with Crippen LogP contribution in [0.5, 0.6) is 5.75 Å². The van der Waals surface area contributed by atoms with Crippen molar-refractivity contribution in [2.24, 2.45) is 5.10 Å². The standard InChI is InChI=1S/C24H20ClN3O4/c1-15-5-3-6-16(2)21(15)27-22(29)23(30)28-26-14-17-9-11-20(12-10-17)32-24(31)18-7-4-8-19(25)13-18/h3-14H,1-2H3,(H,27,29)(H,28,30)/b26-14+. The van der Waals surface area contributed by atoms with E-state index in [-0.39, 0.29) is 0 Å². The number of aryl methyl sites for hydroxylation is 2. The monoisotopic (exact) mass is 449 g/mol. The number of amides is 2. The highest BCUT2D eigenvalue weighted by atomic mass is 35.5.